The summed E-state index contributed by atoms with van der Waals surface area (Å²) in [4.78, 5) is 12.7. The van der Waals surface area contributed by atoms with E-state index in [9.17, 15) is 13.2 Å². The molecule has 0 saturated heterocycles. The molecule has 1 N–H and O–H groups in total. The van der Waals surface area contributed by atoms with Gasteiger partial charge in [0, 0.05) is 16.9 Å². The van der Waals surface area contributed by atoms with E-state index in [1.54, 1.807) is 37.5 Å². The van der Waals surface area contributed by atoms with Gasteiger partial charge in [0.05, 0.1) is 11.5 Å². The Hall–Kier alpha value is -2.65. The third-order valence-electron chi connectivity index (χ3n) is 3.67. The Morgan fingerprint density at radius 1 is 1.11 bits per heavy atom. The smallest absolute Gasteiger partial charge is 0.229 e. The lowest BCUT2D eigenvalue weighted by Gasteiger charge is -2.12. The lowest BCUT2D eigenvalue weighted by molar-refractivity contribution is 0.0994. The molecule has 27 heavy (non-hydrogen) atoms. The maximum Gasteiger partial charge on any atom is 0.229 e. The first-order valence-corrected chi connectivity index (χ1v) is 10.8. The number of Topliss-reactive ketones (excluding diaryl/α,β-unsaturated/α-hetero) is 1. The average molecular weight is 403 g/mol. The first kappa shape index (κ1) is 19.1. The Bertz CT molecular complexity index is 1030. The highest BCUT2D eigenvalue weighted by molar-refractivity contribution is 8.00. The van der Waals surface area contributed by atoms with E-state index in [0.717, 1.165) is 11.9 Å². The Morgan fingerprint density at radius 2 is 1.78 bits per heavy atom. The van der Waals surface area contributed by atoms with E-state index in [4.69, 9.17) is 0 Å². The van der Waals surface area contributed by atoms with E-state index >= 15 is 0 Å². The molecule has 0 fully saturated rings. The Balaban J connectivity index is 1.73. The Labute approximate surface area is 161 Å². The van der Waals surface area contributed by atoms with Crippen LogP contribution in [0.15, 0.2) is 66.1 Å². The summed E-state index contributed by atoms with van der Waals surface area (Å²) in [6.07, 6.45) is 2.69. The molecule has 0 spiro atoms. The second-order valence-corrected chi connectivity index (χ2v) is 8.95. The van der Waals surface area contributed by atoms with E-state index < -0.39 is 10.0 Å². The number of ketones is 1. The van der Waals surface area contributed by atoms with Crippen LogP contribution >= 0.6 is 11.8 Å². The standard InChI is InChI=1S/C18H18N4O3S2/c1-13(17(23)14-8-10-15(11-9-14)21-27(2,24)25)26-18-20-19-12-22(18)16-6-4-3-5-7-16/h3-13,21H,1-2H3. The third-order valence-corrected chi connectivity index (χ3v) is 5.34. The molecule has 0 amide bonds. The quantitative estimate of drug-likeness (QED) is 0.482. The van der Waals surface area contributed by atoms with Gasteiger partial charge in [0.2, 0.25) is 10.0 Å². The van der Waals surface area contributed by atoms with Gasteiger partial charge in [0.25, 0.3) is 0 Å². The summed E-state index contributed by atoms with van der Waals surface area (Å²) in [7, 11) is -3.35. The minimum Gasteiger partial charge on any atom is -0.293 e. The van der Waals surface area contributed by atoms with Crippen molar-refractivity contribution in [1.82, 2.24) is 14.8 Å². The zero-order chi connectivity index (χ0) is 19.4. The highest BCUT2D eigenvalue weighted by Crippen LogP contribution is 2.26. The lowest BCUT2D eigenvalue weighted by Crippen LogP contribution is -2.15. The van der Waals surface area contributed by atoms with Gasteiger partial charge in [0.1, 0.15) is 6.33 Å². The number of rotatable bonds is 7. The summed E-state index contributed by atoms with van der Waals surface area (Å²) >= 11 is 1.32. The first-order valence-electron chi connectivity index (χ1n) is 8.07. The van der Waals surface area contributed by atoms with Crippen LogP contribution in [0.1, 0.15) is 17.3 Å². The molecule has 140 valence electrons. The normalized spacial score (nSPS) is 12.5. The minimum absolute atomic E-state index is 0.0754. The number of aromatic nitrogens is 3. The number of benzene rings is 2. The summed E-state index contributed by atoms with van der Waals surface area (Å²) in [5.74, 6) is -0.0754. The number of anilines is 1. The molecule has 1 unspecified atom stereocenters. The number of thioether (sulfide) groups is 1. The van der Waals surface area contributed by atoms with Gasteiger partial charge < -0.3 is 0 Å². The van der Waals surface area contributed by atoms with Crippen LogP contribution in [0.25, 0.3) is 5.69 Å². The van der Waals surface area contributed by atoms with Gasteiger partial charge in [-0.25, -0.2) is 8.42 Å². The number of para-hydroxylation sites is 1. The van der Waals surface area contributed by atoms with Gasteiger partial charge in [-0.1, -0.05) is 30.0 Å². The van der Waals surface area contributed by atoms with Crippen molar-refractivity contribution >= 4 is 33.3 Å². The van der Waals surface area contributed by atoms with Crippen molar-refractivity contribution in [2.75, 3.05) is 11.0 Å². The van der Waals surface area contributed by atoms with Gasteiger partial charge in [-0.3, -0.25) is 14.1 Å². The zero-order valence-electron chi connectivity index (χ0n) is 14.7. The molecule has 3 aromatic rings. The second kappa shape index (κ2) is 7.93. The molecule has 9 heteroatoms. The maximum absolute atomic E-state index is 12.7. The summed E-state index contributed by atoms with van der Waals surface area (Å²) in [5.41, 5.74) is 1.83. The van der Waals surface area contributed by atoms with E-state index in [2.05, 4.69) is 14.9 Å². The molecule has 0 bridgehead atoms. The van der Waals surface area contributed by atoms with Crippen LogP contribution in [-0.4, -0.2) is 40.5 Å². The fraction of sp³-hybridized carbons (Fsp3) is 0.167. The molecule has 1 atom stereocenters. The molecular weight excluding hydrogens is 384 g/mol. The van der Waals surface area contributed by atoms with Gasteiger partial charge in [0.15, 0.2) is 10.9 Å². The molecule has 1 aromatic heterocycles. The van der Waals surface area contributed by atoms with Crippen LogP contribution in [0.3, 0.4) is 0 Å². The summed E-state index contributed by atoms with van der Waals surface area (Å²) in [5, 5.41) is 8.29. The molecule has 0 saturated carbocycles. The largest absolute Gasteiger partial charge is 0.293 e. The number of nitrogens with one attached hydrogen (secondary N) is 1. The van der Waals surface area contributed by atoms with E-state index in [0.29, 0.717) is 16.4 Å². The van der Waals surface area contributed by atoms with Crippen LogP contribution in [-0.2, 0) is 10.0 Å². The third kappa shape index (κ3) is 4.95. The van der Waals surface area contributed by atoms with Gasteiger partial charge in [-0.05, 0) is 43.3 Å². The van der Waals surface area contributed by atoms with Crippen molar-refractivity contribution in [1.29, 1.82) is 0 Å². The molecule has 0 aliphatic carbocycles. The second-order valence-electron chi connectivity index (χ2n) is 5.89. The van der Waals surface area contributed by atoms with Crippen molar-refractivity contribution in [3.05, 3.63) is 66.5 Å². The van der Waals surface area contributed by atoms with Crippen molar-refractivity contribution in [2.45, 2.75) is 17.3 Å². The summed E-state index contributed by atoms with van der Waals surface area (Å²) < 4.78 is 26.7. The lowest BCUT2D eigenvalue weighted by atomic mass is 10.1. The number of hydrogen-bond donors (Lipinski definition) is 1. The first-order chi connectivity index (χ1) is 12.8. The number of sulfonamides is 1. The maximum atomic E-state index is 12.7. The van der Waals surface area contributed by atoms with E-state index in [1.807, 2.05) is 34.9 Å². The molecule has 1 heterocycles. The molecule has 0 aliphatic heterocycles. The van der Waals surface area contributed by atoms with Crippen LogP contribution in [0, 0.1) is 0 Å². The molecular formula is C18H18N4O3S2. The monoisotopic (exact) mass is 402 g/mol. The Morgan fingerprint density at radius 3 is 2.41 bits per heavy atom. The van der Waals surface area contributed by atoms with Gasteiger partial charge in [-0.2, -0.15) is 0 Å². The fourth-order valence-corrected chi connectivity index (χ4v) is 3.92. The van der Waals surface area contributed by atoms with E-state index in [1.165, 1.54) is 11.8 Å². The average Bonchev–Trinajstić information content (AvgIpc) is 3.09. The zero-order valence-corrected chi connectivity index (χ0v) is 16.4. The molecule has 0 radical (unpaired) electrons. The number of hydrogen-bond acceptors (Lipinski definition) is 6. The summed E-state index contributed by atoms with van der Waals surface area (Å²) in [6.45, 7) is 1.81. The summed E-state index contributed by atoms with van der Waals surface area (Å²) in [6, 6.07) is 16.0. The van der Waals surface area contributed by atoms with Gasteiger partial charge in [-0.15, -0.1) is 10.2 Å². The van der Waals surface area contributed by atoms with Crippen molar-refractivity contribution in [2.24, 2.45) is 0 Å². The van der Waals surface area contributed by atoms with Crippen molar-refractivity contribution in [3.63, 3.8) is 0 Å². The highest BCUT2D eigenvalue weighted by Gasteiger charge is 2.20. The molecule has 0 aliphatic rings. The minimum atomic E-state index is -3.35. The van der Waals surface area contributed by atoms with Crippen LogP contribution < -0.4 is 4.72 Å². The van der Waals surface area contributed by atoms with Crippen LogP contribution in [0.2, 0.25) is 0 Å². The fourth-order valence-electron chi connectivity index (χ4n) is 2.43. The number of nitrogens with zero attached hydrogens (tertiary/aromatic N) is 3. The molecule has 7 nitrogen and oxygen atoms in total. The van der Waals surface area contributed by atoms with Crippen LogP contribution in [0.5, 0.6) is 0 Å². The van der Waals surface area contributed by atoms with Gasteiger partial charge >= 0.3 is 0 Å². The molecule has 3 rings (SSSR count). The number of carbonyl (C=O) groups excluding carboxylic acids is 1. The Kier molecular flexibility index (Phi) is 5.62. The van der Waals surface area contributed by atoms with Crippen LogP contribution in [0.4, 0.5) is 5.69 Å². The predicted octanol–water partition coefficient (Wildman–Crippen LogP) is 3.00. The van der Waals surface area contributed by atoms with Crippen molar-refractivity contribution < 1.29 is 13.2 Å². The highest BCUT2D eigenvalue weighted by atomic mass is 32.2. The topological polar surface area (TPSA) is 93.9 Å². The van der Waals surface area contributed by atoms with E-state index in [-0.39, 0.29) is 11.0 Å². The molecule has 2 aromatic carbocycles. The van der Waals surface area contributed by atoms with Crippen molar-refractivity contribution in [3.8, 4) is 5.69 Å². The SMILES string of the molecule is CC(Sc1nncn1-c1ccccc1)C(=O)c1ccc(NS(C)(=O)=O)cc1. The predicted molar refractivity (Wildman–Crippen MR) is 106 cm³/mol. The number of carbonyl (C=O) groups is 1.